The molecule has 22 heavy (non-hydrogen) atoms. The lowest BCUT2D eigenvalue weighted by molar-refractivity contribution is -0.122. The Bertz CT molecular complexity index is 831. The highest BCUT2D eigenvalue weighted by atomic mass is 16.4. The van der Waals surface area contributed by atoms with Crippen molar-refractivity contribution in [3.8, 4) is 0 Å². The zero-order chi connectivity index (χ0) is 15.5. The van der Waals surface area contributed by atoms with Gasteiger partial charge in [-0.2, -0.15) is 0 Å². The molecule has 2 N–H and O–H groups in total. The summed E-state index contributed by atoms with van der Waals surface area (Å²) < 4.78 is 11.5. The summed E-state index contributed by atoms with van der Waals surface area (Å²) in [6, 6.07) is 9.52. The SMILES string of the molecule is O=C(Cn1c(=O)oc2ccccc21)NC(CO)c1ccco1. The molecule has 1 atom stereocenters. The third kappa shape index (κ3) is 2.66. The van der Waals surface area contributed by atoms with Gasteiger partial charge in [0.25, 0.3) is 0 Å². The monoisotopic (exact) mass is 302 g/mol. The number of para-hydroxylation sites is 2. The number of aromatic nitrogens is 1. The molecule has 0 spiro atoms. The molecule has 0 saturated heterocycles. The Morgan fingerprint density at radius 2 is 2.09 bits per heavy atom. The number of hydrogen-bond donors (Lipinski definition) is 2. The summed E-state index contributed by atoms with van der Waals surface area (Å²) in [7, 11) is 0. The van der Waals surface area contributed by atoms with Crippen molar-refractivity contribution in [1.29, 1.82) is 0 Å². The van der Waals surface area contributed by atoms with E-state index in [0.717, 1.165) is 0 Å². The van der Waals surface area contributed by atoms with E-state index in [4.69, 9.17) is 8.83 Å². The van der Waals surface area contributed by atoms with Gasteiger partial charge in [0, 0.05) is 0 Å². The highest BCUT2D eigenvalue weighted by Gasteiger charge is 2.18. The predicted molar refractivity (Wildman–Crippen MR) is 77.2 cm³/mol. The van der Waals surface area contributed by atoms with Gasteiger partial charge in [-0.15, -0.1) is 0 Å². The van der Waals surface area contributed by atoms with Gasteiger partial charge in [0.05, 0.1) is 18.4 Å². The van der Waals surface area contributed by atoms with Gasteiger partial charge in [-0.3, -0.25) is 9.36 Å². The minimum Gasteiger partial charge on any atom is -0.467 e. The molecule has 114 valence electrons. The van der Waals surface area contributed by atoms with E-state index >= 15 is 0 Å². The van der Waals surface area contributed by atoms with Crippen LogP contribution in [0.5, 0.6) is 0 Å². The number of nitrogens with one attached hydrogen (secondary N) is 1. The molecule has 0 aliphatic rings. The Kier molecular flexibility index (Phi) is 3.80. The van der Waals surface area contributed by atoms with Crippen molar-refractivity contribution in [3.63, 3.8) is 0 Å². The van der Waals surface area contributed by atoms with Crippen LogP contribution >= 0.6 is 0 Å². The van der Waals surface area contributed by atoms with E-state index in [1.807, 2.05) is 0 Å². The number of aliphatic hydroxyl groups is 1. The average molecular weight is 302 g/mol. The molecule has 0 fully saturated rings. The van der Waals surface area contributed by atoms with E-state index in [0.29, 0.717) is 16.9 Å². The highest BCUT2D eigenvalue weighted by molar-refractivity contribution is 5.79. The smallest absolute Gasteiger partial charge is 0.420 e. The van der Waals surface area contributed by atoms with E-state index in [1.54, 1.807) is 36.4 Å². The van der Waals surface area contributed by atoms with Gasteiger partial charge < -0.3 is 19.3 Å². The van der Waals surface area contributed by atoms with Gasteiger partial charge in [-0.05, 0) is 24.3 Å². The second-order valence-electron chi connectivity index (χ2n) is 4.74. The van der Waals surface area contributed by atoms with Gasteiger partial charge in [-0.25, -0.2) is 4.79 Å². The molecule has 0 bridgehead atoms. The largest absolute Gasteiger partial charge is 0.467 e. The normalized spacial score (nSPS) is 12.4. The topological polar surface area (TPSA) is 97.6 Å². The fraction of sp³-hybridized carbons (Fsp3) is 0.200. The number of furan rings is 1. The van der Waals surface area contributed by atoms with Crippen LogP contribution in [-0.4, -0.2) is 22.2 Å². The Labute approximate surface area is 124 Å². The first kappa shape index (κ1) is 14.2. The van der Waals surface area contributed by atoms with Crippen LogP contribution < -0.4 is 11.1 Å². The summed E-state index contributed by atoms with van der Waals surface area (Å²) in [5, 5.41) is 12.0. The molecular formula is C15H14N2O5. The maximum absolute atomic E-state index is 12.1. The average Bonchev–Trinajstić information content (AvgIpc) is 3.14. The number of oxazole rings is 1. The van der Waals surface area contributed by atoms with Crippen molar-refractivity contribution >= 4 is 17.0 Å². The van der Waals surface area contributed by atoms with Crippen molar-refractivity contribution in [3.05, 3.63) is 59.0 Å². The van der Waals surface area contributed by atoms with Crippen LogP contribution in [0.25, 0.3) is 11.1 Å². The van der Waals surface area contributed by atoms with Crippen LogP contribution in [0.15, 0.2) is 56.3 Å². The maximum atomic E-state index is 12.1. The van der Waals surface area contributed by atoms with Crippen molar-refractivity contribution < 1.29 is 18.7 Å². The number of amides is 1. The third-order valence-corrected chi connectivity index (χ3v) is 3.28. The quantitative estimate of drug-likeness (QED) is 0.734. The number of carbonyl (C=O) groups is 1. The fourth-order valence-electron chi connectivity index (χ4n) is 2.24. The van der Waals surface area contributed by atoms with Gasteiger partial charge in [-0.1, -0.05) is 12.1 Å². The lowest BCUT2D eigenvalue weighted by Crippen LogP contribution is -2.35. The number of rotatable bonds is 5. The van der Waals surface area contributed by atoms with Gasteiger partial charge in [0.15, 0.2) is 5.58 Å². The fourth-order valence-corrected chi connectivity index (χ4v) is 2.24. The van der Waals surface area contributed by atoms with Crippen LogP contribution in [0, 0.1) is 0 Å². The maximum Gasteiger partial charge on any atom is 0.420 e. The van der Waals surface area contributed by atoms with Crippen LogP contribution in [0.3, 0.4) is 0 Å². The Balaban J connectivity index is 1.79. The molecule has 1 amide bonds. The molecule has 1 unspecified atom stereocenters. The van der Waals surface area contributed by atoms with E-state index < -0.39 is 17.7 Å². The molecule has 7 nitrogen and oxygen atoms in total. The van der Waals surface area contributed by atoms with Crippen LogP contribution in [0.1, 0.15) is 11.8 Å². The number of benzene rings is 1. The van der Waals surface area contributed by atoms with Gasteiger partial charge >= 0.3 is 5.76 Å². The second kappa shape index (κ2) is 5.90. The van der Waals surface area contributed by atoms with Crippen molar-refractivity contribution in [2.45, 2.75) is 12.6 Å². The summed E-state index contributed by atoms with van der Waals surface area (Å²) in [4.78, 5) is 23.9. The van der Waals surface area contributed by atoms with Gasteiger partial charge in [0.1, 0.15) is 18.3 Å². The molecule has 2 heterocycles. The molecule has 1 aromatic carbocycles. The van der Waals surface area contributed by atoms with Gasteiger partial charge in [0.2, 0.25) is 5.91 Å². The van der Waals surface area contributed by atoms with Crippen molar-refractivity contribution in [2.75, 3.05) is 6.61 Å². The molecule has 2 aromatic heterocycles. The number of aliphatic hydroxyl groups excluding tert-OH is 1. The van der Waals surface area contributed by atoms with Crippen molar-refractivity contribution in [2.24, 2.45) is 0 Å². The van der Waals surface area contributed by atoms with E-state index in [2.05, 4.69) is 5.32 Å². The Hall–Kier alpha value is -2.80. The van der Waals surface area contributed by atoms with E-state index in [-0.39, 0.29) is 13.2 Å². The molecular weight excluding hydrogens is 288 g/mol. The molecule has 7 heteroatoms. The number of fused-ring (bicyclic) bond motifs is 1. The highest BCUT2D eigenvalue weighted by Crippen LogP contribution is 2.14. The summed E-state index contributed by atoms with van der Waals surface area (Å²) in [5.41, 5.74) is 0.964. The summed E-state index contributed by atoms with van der Waals surface area (Å²) >= 11 is 0. The lowest BCUT2D eigenvalue weighted by Gasteiger charge is -2.13. The van der Waals surface area contributed by atoms with Crippen LogP contribution in [0.4, 0.5) is 0 Å². The number of hydrogen-bond acceptors (Lipinski definition) is 5. The summed E-state index contributed by atoms with van der Waals surface area (Å²) in [5.74, 6) is -0.584. The molecule has 3 rings (SSSR count). The lowest BCUT2D eigenvalue weighted by atomic mass is 10.2. The van der Waals surface area contributed by atoms with E-state index in [1.165, 1.54) is 10.8 Å². The molecule has 0 aliphatic carbocycles. The molecule has 0 saturated carbocycles. The molecule has 0 radical (unpaired) electrons. The first-order valence-electron chi connectivity index (χ1n) is 6.71. The minimum absolute atomic E-state index is 0.201. The van der Waals surface area contributed by atoms with E-state index in [9.17, 15) is 14.7 Å². The first-order chi connectivity index (χ1) is 10.7. The first-order valence-corrected chi connectivity index (χ1v) is 6.71. The Morgan fingerprint density at radius 1 is 1.27 bits per heavy atom. The minimum atomic E-state index is -0.656. The van der Waals surface area contributed by atoms with Crippen LogP contribution in [-0.2, 0) is 11.3 Å². The number of carbonyl (C=O) groups excluding carboxylic acids is 1. The summed E-state index contributed by atoms with van der Waals surface area (Å²) in [6.45, 7) is -0.507. The zero-order valence-corrected chi connectivity index (χ0v) is 11.6. The number of nitrogens with zero attached hydrogens (tertiary/aromatic N) is 1. The molecule has 3 aromatic rings. The van der Waals surface area contributed by atoms with Crippen molar-refractivity contribution in [1.82, 2.24) is 9.88 Å². The predicted octanol–water partition coefficient (Wildman–Crippen LogP) is 1.04. The third-order valence-electron chi connectivity index (χ3n) is 3.28. The summed E-state index contributed by atoms with van der Waals surface area (Å²) in [6.07, 6.45) is 1.46. The van der Waals surface area contributed by atoms with Crippen LogP contribution in [0.2, 0.25) is 0 Å². The standard InChI is InChI=1S/C15H14N2O5/c18-9-10(12-6-3-7-21-12)16-14(19)8-17-11-4-1-2-5-13(11)22-15(17)20/h1-7,10,18H,8-9H2,(H,16,19). The Morgan fingerprint density at radius 3 is 2.82 bits per heavy atom. The zero-order valence-electron chi connectivity index (χ0n) is 11.6. The second-order valence-corrected chi connectivity index (χ2v) is 4.74. The molecule has 0 aliphatic heterocycles.